The molecule has 1 saturated heterocycles. The number of rotatable bonds is 6. The third kappa shape index (κ3) is 4.24. The summed E-state index contributed by atoms with van der Waals surface area (Å²) in [5, 5.41) is 1.55. The lowest BCUT2D eigenvalue weighted by Crippen LogP contribution is -2.37. The van der Waals surface area contributed by atoms with Crippen LogP contribution < -0.4 is 4.74 Å². The van der Waals surface area contributed by atoms with Crippen LogP contribution in [0.1, 0.15) is 6.42 Å². The maximum Gasteiger partial charge on any atom is 0.294 e. The highest BCUT2D eigenvalue weighted by atomic mass is 32.2. The van der Waals surface area contributed by atoms with Gasteiger partial charge in [0.1, 0.15) is 5.75 Å². The third-order valence-electron chi connectivity index (χ3n) is 4.09. The van der Waals surface area contributed by atoms with Gasteiger partial charge in [-0.15, -0.1) is 0 Å². The second-order valence-electron chi connectivity index (χ2n) is 5.77. The number of benzene rings is 2. The number of hydrogen-bond donors (Lipinski definition) is 1. The molecule has 0 amide bonds. The summed E-state index contributed by atoms with van der Waals surface area (Å²) in [6.45, 7) is 4.96. The summed E-state index contributed by atoms with van der Waals surface area (Å²) in [5.41, 5.74) is 0. The summed E-state index contributed by atoms with van der Waals surface area (Å²) in [5.74, 6) is 0.625. The van der Waals surface area contributed by atoms with Gasteiger partial charge in [-0.3, -0.25) is 9.45 Å². The molecule has 1 N–H and O–H groups in total. The first-order valence-electron chi connectivity index (χ1n) is 7.97. The minimum atomic E-state index is -4.22. The highest BCUT2D eigenvalue weighted by Gasteiger charge is 2.12. The Labute approximate surface area is 141 Å². The highest BCUT2D eigenvalue weighted by molar-refractivity contribution is 7.85. The third-order valence-corrected chi connectivity index (χ3v) is 4.94. The second-order valence-corrected chi connectivity index (χ2v) is 7.19. The smallest absolute Gasteiger partial charge is 0.294 e. The van der Waals surface area contributed by atoms with E-state index in [1.165, 1.54) is 12.1 Å². The molecule has 2 aromatic carbocycles. The molecule has 0 atom stereocenters. The van der Waals surface area contributed by atoms with E-state index in [1.54, 1.807) is 6.07 Å². The monoisotopic (exact) mass is 351 g/mol. The fraction of sp³-hybridized carbons (Fsp3) is 0.412. The molecule has 0 aromatic heterocycles. The van der Waals surface area contributed by atoms with E-state index >= 15 is 0 Å². The van der Waals surface area contributed by atoms with Crippen LogP contribution in [0.25, 0.3) is 10.8 Å². The molecule has 130 valence electrons. The molecule has 0 saturated carbocycles. The van der Waals surface area contributed by atoms with Crippen molar-refractivity contribution in [3.05, 3.63) is 36.4 Å². The van der Waals surface area contributed by atoms with E-state index in [-0.39, 0.29) is 4.90 Å². The first-order valence-corrected chi connectivity index (χ1v) is 9.41. The standard InChI is InChI=1S/C17H21NO5S/c19-24(20,21)15-6-5-14-3-1-4-17(16(14)13-15)23-10-2-7-18-8-11-22-12-9-18/h1,3-6,13H,2,7-12H2,(H,19,20,21). The van der Waals surface area contributed by atoms with Crippen molar-refractivity contribution >= 4 is 20.9 Å². The summed E-state index contributed by atoms with van der Waals surface area (Å²) in [6, 6.07) is 10.1. The van der Waals surface area contributed by atoms with Crippen LogP contribution in [0.2, 0.25) is 0 Å². The molecule has 1 fully saturated rings. The molecule has 0 spiro atoms. The van der Waals surface area contributed by atoms with Crippen molar-refractivity contribution in [2.75, 3.05) is 39.5 Å². The van der Waals surface area contributed by atoms with Crippen molar-refractivity contribution in [2.24, 2.45) is 0 Å². The van der Waals surface area contributed by atoms with Crippen LogP contribution in [-0.4, -0.2) is 57.3 Å². The molecule has 3 rings (SSSR count). The summed E-state index contributed by atoms with van der Waals surface area (Å²) >= 11 is 0. The van der Waals surface area contributed by atoms with Gasteiger partial charge in [-0.1, -0.05) is 18.2 Å². The fourth-order valence-corrected chi connectivity index (χ4v) is 3.31. The zero-order valence-corrected chi connectivity index (χ0v) is 14.2. The van der Waals surface area contributed by atoms with E-state index in [9.17, 15) is 13.0 Å². The Hall–Kier alpha value is -1.67. The van der Waals surface area contributed by atoms with Crippen LogP contribution in [0.15, 0.2) is 41.3 Å². The van der Waals surface area contributed by atoms with E-state index in [2.05, 4.69) is 4.90 Å². The maximum atomic E-state index is 11.3. The molecule has 0 bridgehead atoms. The number of morpholine rings is 1. The zero-order valence-electron chi connectivity index (χ0n) is 13.3. The lowest BCUT2D eigenvalue weighted by Gasteiger charge is -2.26. The van der Waals surface area contributed by atoms with Crippen LogP contribution >= 0.6 is 0 Å². The molecular weight excluding hydrogens is 330 g/mol. The average Bonchev–Trinajstić information content (AvgIpc) is 2.58. The van der Waals surface area contributed by atoms with Crippen LogP contribution in [0.4, 0.5) is 0 Å². The van der Waals surface area contributed by atoms with Crippen LogP contribution in [0.5, 0.6) is 5.75 Å². The molecule has 6 nitrogen and oxygen atoms in total. The van der Waals surface area contributed by atoms with E-state index < -0.39 is 10.1 Å². The molecule has 0 unspecified atom stereocenters. The van der Waals surface area contributed by atoms with Gasteiger partial charge >= 0.3 is 0 Å². The van der Waals surface area contributed by atoms with Gasteiger partial charge in [0.15, 0.2) is 0 Å². The maximum absolute atomic E-state index is 11.3. The van der Waals surface area contributed by atoms with E-state index in [0.717, 1.165) is 44.7 Å². The first-order chi connectivity index (χ1) is 11.5. The van der Waals surface area contributed by atoms with Crippen molar-refractivity contribution in [1.29, 1.82) is 0 Å². The zero-order chi connectivity index (χ0) is 17.0. The Morgan fingerprint density at radius 3 is 2.71 bits per heavy atom. The van der Waals surface area contributed by atoms with E-state index in [4.69, 9.17) is 9.47 Å². The van der Waals surface area contributed by atoms with Gasteiger partial charge < -0.3 is 9.47 Å². The molecule has 0 aliphatic carbocycles. The molecule has 24 heavy (non-hydrogen) atoms. The second kappa shape index (κ2) is 7.48. The SMILES string of the molecule is O=S(=O)(O)c1ccc2cccc(OCCCN3CCOCC3)c2c1. The molecule has 1 aliphatic heterocycles. The van der Waals surface area contributed by atoms with Gasteiger partial charge in [0.2, 0.25) is 0 Å². The molecule has 7 heteroatoms. The largest absolute Gasteiger partial charge is 0.493 e. The Morgan fingerprint density at radius 1 is 1.17 bits per heavy atom. The predicted molar refractivity (Wildman–Crippen MR) is 91.1 cm³/mol. The number of ether oxygens (including phenoxy) is 2. The van der Waals surface area contributed by atoms with Crippen LogP contribution in [0.3, 0.4) is 0 Å². The van der Waals surface area contributed by atoms with Crippen molar-refractivity contribution < 1.29 is 22.4 Å². The summed E-state index contributed by atoms with van der Waals surface area (Å²) in [7, 11) is -4.22. The number of fused-ring (bicyclic) bond motifs is 1. The topological polar surface area (TPSA) is 76.1 Å². The Bertz CT molecular complexity index is 800. The highest BCUT2D eigenvalue weighted by Crippen LogP contribution is 2.28. The predicted octanol–water partition coefficient (Wildman–Crippen LogP) is 2.19. The van der Waals surface area contributed by atoms with Crippen LogP contribution in [0, 0.1) is 0 Å². The Balaban J connectivity index is 1.67. The van der Waals surface area contributed by atoms with Gasteiger partial charge in [0.05, 0.1) is 24.7 Å². The van der Waals surface area contributed by atoms with Crippen molar-refractivity contribution in [3.63, 3.8) is 0 Å². The van der Waals surface area contributed by atoms with Gasteiger partial charge in [-0.05, 0) is 30.0 Å². The van der Waals surface area contributed by atoms with Crippen molar-refractivity contribution in [2.45, 2.75) is 11.3 Å². The summed E-state index contributed by atoms with van der Waals surface area (Å²) in [6.07, 6.45) is 0.883. The first kappa shape index (κ1) is 17.2. The van der Waals surface area contributed by atoms with E-state index in [1.807, 2.05) is 18.2 Å². The summed E-state index contributed by atoms with van der Waals surface area (Å²) in [4.78, 5) is 2.21. The molecule has 2 aromatic rings. The van der Waals surface area contributed by atoms with Crippen LogP contribution in [-0.2, 0) is 14.9 Å². The minimum absolute atomic E-state index is 0.126. The Morgan fingerprint density at radius 2 is 1.96 bits per heavy atom. The number of hydrogen-bond acceptors (Lipinski definition) is 5. The van der Waals surface area contributed by atoms with Crippen molar-refractivity contribution in [3.8, 4) is 5.75 Å². The normalized spacial score (nSPS) is 16.4. The van der Waals surface area contributed by atoms with Crippen molar-refractivity contribution in [1.82, 2.24) is 4.90 Å². The average molecular weight is 351 g/mol. The quantitative estimate of drug-likeness (QED) is 0.635. The van der Waals surface area contributed by atoms with Gasteiger partial charge in [-0.2, -0.15) is 8.42 Å². The van der Waals surface area contributed by atoms with Gasteiger partial charge in [0, 0.05) is 25.0 Å². The molecule has 1 aliphatic rings. The fourth-order valence-electron chi connectivity index (χ4n) is 2.80. The Kier molecular flexibility index (Phi) is 5.35. The lowest BCUT2D eigenvalue weighted by molar-refractivity contribution is 0.0358. The molecule has 0 radical (unpaired) electrons. The lowest BCUT2D eigenvalue weighted by atomic mass is 10.1. The number of nitrogens with zero attached hydrogens (tertiary/aromatic N) is 1. The minimum Gasteiger partial charge on any atom is -0.493 e. The van der Waals surface area contributed by atoms with Gasteiger partial charge in [0.25, 0.3) is 10.1 Å². The molecule has 1 heterocycles. The van der Waals surface area contributed by atoms with E-state index in [0.29, 0.717) is 17.7 Å². The molecular formula is C17H21NO5S. The summed E-state index contributed by atoms with van der Waals surface area (Å²) < 4.78 is 43.0. The van der Waals surface area contributed by atoms with Gasteiger partial charge in [-0.25, -0.2) is 0 Å².